The number of halogens is 1. The van der Waals surface area contributed by atoms with Gasteiger partial charge in [-0.3, -0.25) is 9.69 Å². The molecule has 3 aromatic rings. The Labute approximate surface area is 176 Å². The predicted octanol–water partition coefficient (Wildman–Crippen LogP) is 5.06. The Hall–Kier alpha value is -2.63. The van der Waals surface area contributed by atoms with Crippen LogP contribution in [-0.2, 0) is 19.6 Å². The van der Waals surface area contributed by atoms with E-state index >= 15 is 0 Å². The molecule has 1 aromatic heterocycles. The minimum absolute atomic E-state index is 0.0949. The molecule has 1 N–H and O–H groups in total. The summed E-state index contributed by atoms with van der Waals surface area (Å²) in [7, 11) is 0. The number of carbonyl (C=O) groups excluding carboxylic acids is 1. The Morgan fingerprint density at radius 2 is 1.83 bits per heavy atom. The third-order valence-electron chi connectivity index (χ3n) is 4.73. The standard InChI is InChI=1S/C23H26ClN3O2/c1-3-17(2)25-23(28)21-16-29-22(26-21)15-27(13-18-9-5-4-6-10-18)14-19-11-7-8-12-20(19)24/h4-12,16-17H,3,13-15H2,1-2H3,(H,25,28). The second-order valence-electron chi connectivity index (χ2n) is 7.13. The molecule has 6 heteroatoms. The average Bonchev–Trinajstić information content (AvgIpc) is 3.19. The number of nitrogens with zero attached hydrogens (tertiary/aromatic N) is 2. The molecule has 1 unspecified atom stereocenters. The molecule has 0 fully saturated rings. The number of aromatic nitrogens is 1. The number of benzene rings is 2. The maximum atomic E-state index is 12.3. The number of rotatable bonds is 9. The number of hydrogen-bond acceptors (Lipinski definition) is 4. The quantitative estimate of drug-likeness (QED) is 0.534. The van der Waals surface area contributed by atoms with Gasteiger partial charge in [0.25, 0.3) is 5.91 Å². The molecule has 0 saturated carbocycles. The van der Waals surface area contributed by atoms with Gasteiger partial charge < -0.3 is 9.73 Å². The Morgan fingerprint density at radius 3 is 2.55 bits per heavy atom. The number of nitrogens with one attached hydrogen (secondary N) is 1. The molecular formula is C23H26ClN3O2. The number of carbonyl (C=O) groups is 1. The van der Waals surface area contributed by atoms with Crippen LogP contribution in [0.3, 0.4) is 0 Å². The van der Waals surface area contributed by atoms with E-state index in [9.17, 15) is 4.79 Å². The van der Waals surface area contributed by atoms with E-state index in [1.165, 1.54) is 11.8 Å². The van der Waals surface area contributed by atoms with Gasteiger partial charge in [0.15, 0.2) is 5.69 Å². The molecule has 3 rings (SSSR count). The number of hydrogen-bond donors (Lipinski definition) is 1. The molecule has 1 atom stereocenters. The molecule has 1 heterocycles. The first-order valence-corrected chi connectivity index (χ1v) is 10.2. The van der Waals surface area contributed by atoms with Gasteiger partial charge in [0.05, 0.1) is 6.54 Å². The SMILES string of the molecule is CCC(C)NC(=O)c1coc(CN(Cc2ccccc2)Cc2ccccc2Cl)n1. The van der Waals surface area contributed by atoms with E-state index in [4.69, 9.17) is 16.0 Å². The van der Waals surface area contributed by atoms with Crippen LogP contribution in [-0.4, -0.2) is 21.8 Å². The summed E-state index contributed by atoms with van der Waals surface area (Å²) in [6.45, 7) is 5.81. The second-order valence-corrected chi connectivity index (χ2v) is 7.54. The topological polar surface area (TPSA) is 58.4 Å². The molecule has 5 nitrogen and oxygen atoms in total. The summed E-state index contributed by atoms with van der Waals surface area (Å²) in [6, 6.07) is 18.1. The maximum Gasteiger partial charge on any atom is 0.273 e. The van der Waals surface area contributed by atoms with Crippen LogP contribution in [0.15, 0.2) is 65.3 Å². The van der Waals surface area contributed by atoms with Crippen LogP contribution in [0.4, 0.5) is 0 Å². The summed E-state index contributed by atoms with van der Waals surface area (Å²) in [6.07, 6.45) is 2.28. The molecule has 0 aliphatic heterocycles. The molecule has 0 aliphatic carbocycles. The summed E-state index contributed by atoms with van der Waals surface area (Å²) in [5, 5.41) is 3.64. The summed E-state index contributed by atoms with van der Waals surface area (Å²) < 4.78 is 5.59. The first kappa shape index (κ1) is 21.1. The molecule has 0 saturated heterocycles. The fourth-order valence-electron chi connectivity index (χ4n) is 2.96. The monoisotopic (exact) mass is 411 g/mol. The fraction of sp³-hybridized carbons (Fsp3) is 0.304. The highest BCUT2D eigenvalue weighted by molar-refractivity contribution is 6.31. The van der Waals surface area contributed by atoms with E-state index in [-0.39, 0.29) is 11.9 Å². The molecule has 0 spiro atoms. The second kappa shape index (κ2) is 10.2. The summed E-state index contributed by atoms with van der Waals surface area (Å²) in [5.74, 6) is 0.289. The van der Waals surface area contributed by atoms with E-state index in [0.717, 1.165) is 17.0 Å². The van der Waals surface area contributed by atoms with Gasteiger partial charge in [0.2, 0.25) is 5.89 Å². The highest BCUT2D eigenvalue weighted by atomic mass is 35.5. The Kier molecular flexibility index (Phi) is 7.44. The smallest absolute Gasteiger partial charge is 0.273 e. The van der Waals surface area contributed by atoms with Gasteiger partial charge in [0.1, 0.15) is 6.26 Å². The lowest BCUT2D eigenvalue weighted by Gasteiger charge is -2.21. The summed E-state index contributed by atoms with van der Waals surface area (Å²) >= 11 is 6.36. The van der Waals surface area contributed by atoms with Gasteiger partial charge in [-0.2, -0.15) is 0 Å². The Balaban J connectivity index is 1.74. The van der Waals surface area contributed by atoms with Crippen LogP contribution in [0.25, 0.3) is 0 Å². The average molecular weight is 412 g/mol. The minimum Gasteiger partial charge on any atom is -0.447 e. The van der Waals surface area contributed by atoms with Crippen molar-refractivity contribution in [2.45, 2.75) is 45.9 Å². The van der Waals surface area contributed by atoms with Crippen LogP contribution in [0.2, 0.25) is 5.02 Å². The van der Waals surface area contributed by atoms with Gasteiger partial charge in [-0.15, -0.1) is 0 Å². The van der Waals surface area contributed by atoms with Crippen molar-refractivity contribution in [1.29, 1.82) is 0 Å². The van der Waals surface area contributed by atoms with E-state index in [1.807, 2.05) is 56.3 Å². The van der Waals surface area contributed by atoms with E-state index < -0.39 is 0 Å². The van der Waals surface area contributed by atoms with Crippen LogP contribution in [0, 0.1) is 0 Å². The van der Waals surface area contributed by atoms with Gasteiger partial charge in [0, 0.05) is 24.2 Å². The van der Waals surface area contributed by atoms with Crippen molar-refractivity contribution in [1.82, 2.24) is 15.2 Å². The van der Waals surface area contributed by atoms with Crippen LogP contribution >= 0.6 is 11.6 Å². The molecule has 0 bridgehead atoms. The van der Waals surface area contributed by atoms with Gasteiger partial charge in [-0.25, -0.2) is 4.98 Å². The zero-order valence-electron chi connectivity index (χ0n) is 16.8. The summed E-state index contributed by atoms with van der Waals surface area (Å²) in [4.78, 5) is 18.9. The van der Waals surface area contributed by atoms with E-state index in [2.05, 4.69) is 27.3 Å². The molecular weight excluding hydrogens is 386 g/mol. The van der Waals surface area contributed by atoms with Crippen molar-refractivity contribution in [3.63, 3.8) is 0 Å². The largest absolute Gasteiger partial charge is 0.447 e. The lowest BCUT2D eigenvalue weighted by molar-refractivity contribution is 0.0934. The first-order chi connectivity index (χ1) is 14.0. The zero-order chi connectivity index (χ0) is 20.6. The predicted molar refractivity (Wildman–Crippen MR) is 115 cm³/mol. The number of amides is 1. The van der Waals surface area contributed by atoms with Crippen LogP contribution in [0.1, 0.15) is 47.8 Å². The van der Waals surface area contributed by atoms with Crippen LogP contribution < -0.4 is 5.32 Å². The molecule has 0 radical (unpaired) electrons. The van der Waals surface area contributed by atoms with Crippen LogP contribution in [0.5, 0.6) is 0 Å². The molecule has 0 aliphatic rings. The van der Waals surface area contributed by atoms with E-state index in [1.54, 1.807) is 0 Å². The summed E-state index contributed by atoms with van der Waals surface area (Å²) in [5.41, 5.74) is 2.52. The Bertz CT molecular complexity index is 927. The van der Waals surface area contributed by atoms with Gasteiger partial charge >= 0.3 is 0 Å². The number of oxazole rings is 1. The Morgan fingerprint density at radius 1 is 1.10 bits per heavy atom. The minimum atomic E-state index is -0.213. The fourth-order valence-corrected chi connectivity index (χ4v) is 3.15. The van der Waals surface area contributed by atoms with E-state index in [0.29, 0.717) is 31.2 Å². The van der Waals surface area contributed by atoms with Crippen molar-refractivity contribution < 1.29 is 9.21 Å². The molecule has 2 aromatic carbocycles. The van der Waals surface area contributed by atoms with Crippen molar-refractivity contribution in [3.8, 4) is 0 Å². The third kappa shape index (κ3) is 6.17. The zero-order valence-corrected chi connectivity index (χ0v) is 17.5. The van der Waals surface area contributed by atoms with Crippen molar-refractivity contribution in [2.75, 3.05) is 0 Å². The normalized spacial score (nSPS) is 12.1. The molecule has 29 heavy (non-hydrogen) atoms. The van der Waals surface area contributed by atoms with Crippen molar-refractivity contribution in [2.24, 2.45) is 0 Å². The maximum absolute atomic E-state index is 12.3. The highest BCUT2D eigenvalue weighted by Crippen LogP contribution is 2.20. The first-order valence-electron chi connectivity index (χ1n) is 9.80. The van der Waals surface area contributed by atoms with Crippen molar-refractivity contribution >= 4 is 17.5 Å². The third-order valence-corrected chi connectivity index (χ3v) is 5.10. The lowest BCUT2D eigenvalue weighted by atomic mass is 10.1. The van der Waals surface area contributed by atoms with Gasteiger partial charge in [-0.1, -0.05) is 67.1 Å². The molecule has 1 amide bonds. The van der Waals surface area contributed by atoms with Crippen molar-refractivity contribution in [3.05, 3.63) is 88.6 Å². The molecule has 152 valence electrons. The highest BCUT2D eigenvalue weighted by Gasteiger charge is 2.17. The lowest BCUT2D eigenvalue weighted by Crippen LogP contribution is -2.32. The van der Waals surface area contributed by atoms with Gasteiger partial charge in [-0.05, 0) is 30.5 Å².